The van der Waals surface area contributed by atoms with Gasteiger partial charge in [0.2, 0.25) is 0 Å². The van der Waals surface area contributed by atoms with Crippen LogP contribution in [0.15, 0.2) is 30.9 Å². The number of rotatable bonds is 5. The molecule has 37 heavy (non-hydrogen) atoms. The van der Waals surface area contributed by atoms with Crippen LogP contribution in [-0.2, 0) is 32.3 Å². The lowest BCUT2D eigenvalue weighted by Gasteiger charge is -2.30. The van der Waals surface area contributed by atoms with E-state index >= 15 is 0 Å². The van der Waals surface area contributed by atoms with Gasteiger partial charge in [-0.05, 0) is 13.0 Å². The Balaban J connectivity index is 1.23. The maximum absolute atomic E-state index is 14.3. The quantitative estimate of drug-likeness (QED) is 0.373. The summed E-state index contributed by atoms with van der Waals surface area (Å²) in [4.78, 5) is 24.4. The van der Waals surface area contributed by atoms with Crippen LogP contribution >= 0.6 is 7.82 Å². The predicted octanol–water partition coefficient (Wildman–Crippen LogP) is 3.18. The van der Waals surface area contributed by atoms with E-state index in [1.807, 2.05) is 0 Å². The molecule has 3 aliphatic heterocycles. The minimum Gasteiger partial charge on any atom is -0.424 e. The number of nitrogen functional groups attached to an aromatic ring is 1. The van der Waals surface area contributed by atoms with E-state index < -0.39 is 62.4 Å². The third-order valence-electron chi connectivity index (χ3n) is 6.47. The number of carbonyl (C=O) groups excluding carboxylic acids is 1. The van der Waals surface area contributed by atoms with Gasteiger partial charge in [0.1, 0.15) is 17.9 Å². The summed E-state index contributed by atoms with van der Waals surface area (Å²) in [5.74, 6) is -2.02. The topological polar surface area (TPSA) is 159 Å². The Hall–Kier alpha value is -3.23. The number of aromatic nitrogens is 4. The van der Waals surface area contributed by atoms with Crippen molar-refractivity contribution < 1.29 is 45.9 Å². The fourth-order valence-corrected chi connectivity index (χ4v) is 6.11. The first-order valence-electron chi connectivity index (χ1n) is 11.2. The maximum atomic E-state index is 14.3. The lowest BCUT2D eigenvalue weighted by atomic mass is 9.96. The summed E-state index contributed by atoms with van der Waals surface area (Å²) in [6.45, 7) is 1.10. The summed E-state index contributed by atoms with van der Waals surface area (Å²) in [6.07, 6.45) is -2.14. The lowest BCUT2D eigenvalue weighted by Crippen LogP contribution is -2.42. The van der Waals surface area contributed by atoms with Crippen LogP contribution in [0.2, 0.25) is 0 Å². The Labute approximate surface area is 207 Å². The van der Waals surface area contributed by atoms with Crippen LogP contribution in [0.3, 0.4) is 0 Å². The van der Waals surface area contributed by atoms with Crippen LogP contribution in [0, 0.1) is 11.6 Å². The van der Waals surface area contributed by atoms with Crippen molar-refractivity contribution in [1.29, 1.82) is 0 Å². The first kappa shape index (κ1) is 24.1. The molecule has 5 heterocycles. The number of ether oxygens (including phenoxy) is 3. The maximum Gasteiger partial charge on any atom is 0.509 e. The molecule has 2 aromatic heterocycles. The highest BCUT2D eigenvalue weighted by molar-refractivity contribution is 7.48. The van der Waals surface area contributed by atoms with E-state index in [9.17, 15) is 18.1 Å². The highest BCUT2D eigenvalue weighted by Gasteiger charge is 2.64. The van der Waals surface area contributed by atoms with Gasteiger partial charge in [-0.25, -0.2) is 33.1 Å². The molecule has 196 valence electrons. The van der Waals surface area contributed by atoms with Crippen molar-refractivity contribution in [2.45, 2.75) is 43.5 Å². The minimum atomic E-state index is -4.23. The Morgan fingerprint density at radius 1 is 1.30 bits per heavy atom. The fourth-order valence-electron chi connectivity index (χ4n) is 4.72. The number of nitrogens with zero attached hydrogens (tertiary/aromatic N) is 4. The van der Waals surface area contributed by atoms with Crippen LogP contribution in [0.25, 0.3) is 11.2 Å². The molecule has 3 aliphatic rings. The molecular formula is C21H20F2N5O8P. The molecule has 16 heteroatoms. The minimum absolute atomic E-state index is 0.0898. The number of imidazole rings is 1. The smallest absolute Gasteiger partial charge is 0.424 e. The third-order valence-corrected chi connectivity index (χ3v) is 7.95. The van der Waals surface area contributed by atoms with Crippen molar-refractivity contribution in [2.75, 3.05) is 18.9 Å². The normalized spacial score (nSPS) is 33.3. The zero-order valence-corrected chi connectivity index (χ0v) is 20.0. The summed E-state index contributed by atoms with van der Waals surface area (Å²) in [5, 5.41) is 0. The first-order chi connectivity index (χ1) is 17.7. The zero-order chi connectivity index (χ0) is 25.9. The fraction of sp³-hybridized carbons (Fsp3) is 0.429. The highest BCUT2D eigenvalue weighted by atomic mass is 31.2. The van der Waals surface area contributed by atoms with Crippen molar-refractivity contribution in [3.63, 3.8) is 0 Å². The summed E-state index contributed by atoms with van der Waals surface area (Å²) in [7, 11) is -4.23. The Morgan fingerprint density at radius 3 is 2.97 bits per heavy atom. The molecular weight excluding hydrogens is 519 g/mol. The number of benzene rings is 1. The molecule has 6 atom stereocenters. The molecule has 3 fully saturated rings. The molecule has 6 rings (SSSR count). The van der Waals surface area contributed by atoms with E-state index in [-0.39, 0.29) is 24.4 Å². The average molecular weight is 539 g/mol. The molecule has 0 amide bonds. The standard InChI is InChI=1S/C21H20F2N5O8P/c1-21-16(34-20(29)35-21)13(33-19(21)28-9-27-15-17(24)25-8-26-18(15)28)7-32-37(30)31-6-5-12(36-37)10-3-2-4-11(22)14(10)23/h2-4,8-9,12-13,16,19H,5-7H2,1H3,(H2,24,25,26)/t12?,13-,16-,19-,21-,37?/m1/s1. The van der Waals surface area contributed by atoms with E-state index in [2.05, 4.69) is 15.0 Å². The zero-order valence-electron chi connectivity index (χ0n) is 19.2. The van der Waals surface area contributed by atoms with Gasteiger partial charge in [-0.1, -0.05) is 12.1 Å². The van der Waals surface area contributed by atoms with Gasteiger partial charge >= 0.3 is 14.0 Å². The Kier molecular flexibility index (Phi) is 5.65. The molecule has 0 aliphatic carbocycles. The van der Waals surface area contributed by atoms with E-state index in [0.29, 0.717) is 11.2 Å². The highest BCUT2D eigenvalue weighted by Crippen LogP contribution is 2.58. The number of fused-ring (bicyclic) bond motifs is 2. The van der Waals surface area contributed by atoms with Crippen LogP contribution in [0.1, 0.15) is 31.2 Å². The third kappa shape index (κ3) is 3.94. The van der Waals surface area contributed by atoms with Crippen LogP contribution in [0.4, 0.5) is 19.4 Å². The van der Waals surface area contributed by atoms with Gasteiger partial charge in [-0.2, -0.15) is 0 Å². The number of anilines is 1. The summed E-state index contributed by atoms with van der Waals surface area (Å²) < 4.78 is 75.8. The van der Waals surface area contributed by atoms with Gasteiger partial charge < -0.3 is 19.9 Å². The number of halogens is 2. The lowest BCUT2D eigenvalue weighted by molar-refractivity contribution is -0.0926. The Bertz CT molecular complexity index is 1440. The van der Waals surface area contributed by atoms with Crippen molar-refractivity contribution in [3.8, 4) is 0 Å². The molecule has 0 bridgehead atoms. The van der Waals surface area contributed by atoms with Crippen LogP contribution in [0.5, 0.6) is 0 Å². The molecule has 0 spiro atoms. The van der Waals surface area contributed by atoms with Crippen molar-refractivity contribution in [3.05, 3.63) is 48.1 Å². The molecule has 2 N–H and O–H groups in total. The number of phosphoric ester groups is 1. The molecule has 0 radical (unpaired) electrons. The molecule has 0 saturated carbocycles. The van der Waals surface area contributed by atoms with Gasteiger partial charge in [0.15, 0.2) is 41.0 Å². The molecule has 2 unspecified atom stereocenters. The predicted molar refractivity (Wildman–Crippen MR) is 118 cm³/mol. The van der Waals surface area contributed by atoms with Gasteiger partial charge in [0.05, 0.1) is 25.6 Å². The van der Waals surface area contributed by atoms with Crippen molar-refractivity contribution >= 4 is 31.0 Å². The number of hydrogen-bond donors (Lipinski definition) is 1. The second-order valence-electron chi connectivity index (χ2n) is 8.79. The molecule has 3 aromatic rings. The summed E-state index contributed by atoms with van der Waals surface area (Å²) >= 11 is 0. The van der Waals surface area contributed by atoms with Crippen molar-refractivity contribution in [2.24, 2.45) is 0 Å². The first-order valence-corrected chi connectivity index (χ1v) is 12.6. The van der Waals surface area contributed by atoms with Crippen LogP contribution in [-0.4, -0.2) is 56.7 Å². The van der Waals surface area contributed by atoms with Crippen LogP contribution < -0.4 is 5.73 Å². The number of phosphoric acid groups is 1. The Morgan fingerprint density at radius 2 is 2.14 bits per heavy atom. The van der Waals surface area contributed by atoms with E-state index in [1.54, 1.807) is 6.92 Å². The molecule has 1 aromatic carbocycles. The van der Waals surface area contributed by atoms with Gasteiger partial charge in [-0.3, -0.25) is 18.1 Å². The number of carbonyl (C=O) groups is 1. The monoisotopic (exact) mass is 539 g/mol. The van der Waals surface area contributed by atoms with E-state index in [1.165, 1.54) is 29.4 Å². The molecule has 3 saturated heterocycles. The second kappa shape index (κ2) is 8.67. The average Bonchev–Trinajstić information content (AvgIpc) is 3.49. The largest absolute Gasteiger partial charge is 0.509 e. The van der Waals surface area contributed by atoms with E-state index in [4.69, 9.17) is 33.5 Å². The SMILES string of the molecule is C[C@@]12OC(=O)O[C@@H]1[C@@H](COP1(=O)OCCC(c3cccc(F)c3F)O1)O[C@H]2n1cnc2c(N)ncnc21. The summed E-state index contributed by atoms with van der Waals surface area (Å²) in [6, 6.07) is 3.61. The number of nitrogens with two attached hydrogens (primary N) is 1. The van der Waals surface area contributed by atoms with E-state index in [0.717, 1.165) is 6.07 Å². The summed E-state index contributed by atoms with van der Waals surface area (Å²) in [5.41, 5.74) is 5.07. The number of hydrogen-bond acceptors (Lipinski definition) is 12. The van der Waals surface area contributed by atoms with Gasteiger partial charge in [0.25, 0.3) is 0 Å². The van der Waals surface area contributed by atoms with Crippen molar-refractivity contribution in [1.82, 2.24) is 19.5 Å². The molecule has 13 nitrogen and oxygen atoms in total. The second-order valence-corrected chi connectivity index (χ2v) is 10.4. The van der Waals surface area contributed by atoms with Gasteiger partial charge in [0, 0.05) is 12.0 Å². The van der Waals surface area contributed by atoms with Gasteiger partial charge in [-0.15, -0.1) is 0 Å².